The Kier molecular flexibility index (Phi) is 8.04. The predicted octanol–water partition coefficient (Wildman–Crippen LogP) is 4.00. The van der Waals surface area contributed by atoms with E-state index in [0.717, 1.165) is 41.1 Å². The number of nitrogens with zero attached hydrogens (tertiary/aromatic N) is 2. The number of amides is 1. The molecule has 2 aromatic carbocycles. The number of hydrogen-bond acceptors (Lipinski definition) is 7. The molecule has 0 saturated carbocycles. The van der Waals surface area contributed by atoms with Gasteiger partial charge in [0.15, 0.2) is 0 Å². The van der Waals surface area contributed by atoms with E-state index in [0.29, 0.717) is 0 Å². The summed E-state index contributed by atoms with van der Waals surface area (Å²) in [6, 6.07) is 10.2. The maximum atomic E-state index is 12.5. The van der Waals surface area contributed by atoms with Crippen molar-refractivity contribution < 1.29 is 28.9 Å². The van der Waals surface area contributed by atoms with Crippen LogP contribution in [0, 0.1) is 6.92 Å². The predicted molar refractivity (Wildman–Crippen MR) is 129 cm³/mol. The lowest BCUT2D eigenvalue weighted by Gasteiger charge is -2.27. The molecule has 0 aliphatic carbocycles. The fourth-order valence-electron chi connectivity index (χ4n) is 3.98. The van der Waals surface area contributed by atoms with Gasteiger partial charge >= 0.3 is 12.1 Å². The molecule has 8 heteroatoms. The van der Waals surface area contributed by atoms with Gasteiger partial charge in [-0.1, -0.05) is 24.8 Å². The number of phenols is 1. The van der Waals surface area contributed by atoms with Crippen LogP contribution in [0.2, 0.25) is 0 Å². The Morgan fingerprint density at radius 1 is 1.32 bits per heavy atom. The average molecular weight is 469 g/mol. The minimum atomic E-state index is -0.846. The number of carbonyl (C=O) groups excluding carboxylic acids is 2. The van der Waals surface area contributed by atoms with Crippen molar-refractivity contribution in [3.63, 3.8) is 0 Å². The van der Waals surface area contributed by atoms with E-state index >= 15 is 0 Å². The molecule has 1 heterocycles. The molecule has 8 nitrogen and oxygen atoms in total. The van der Waals surface area contributed by atoms with Gasteiger partial charge in [0, 0.05) is 33.5 Å². The van der Waals surface area contributed by atoms with Crippen LogP contribution < -0.4 is 9.64 Å². The molecule has 2 aromatic rings. The Bertz CT molecular complexity index is 1040. The highest BCUT2D eigenvalue weighted by Gasteiger charge is 2.31. The van der Waals surface area contributed by atoms with E-state index in [1.165, 1.54) is 25.1 Å². The number of ether oxygens (including phenoxy) is 3. The second kappa shape index (κ2) is 11.0. The Balaban J connectivity index is 1.89. The molecule has 3 rings (SSSR count). The number of rotatable bonds is 7. The van der Waals surface area contributed by atoms with Gasteiger partial charge in [-0.05, 0) is 47.9 Å². The third kappa shape index (κ3) is 5.62. The highest BCUT2D eigenvalue weighted by atomic mass is 16.6. The standard InChI is InChI=1S/C26H32N2O6/c1-6-13-33-26(31)28(4)22(25(30)32-5)16-19-15-21-24(14-17(19)2)34-23(11-12-27(21)3)18-7-9-20(29)10-8-18/h6-10,14-15,22-23,29H,1,11-13,16H2,2-5H3/t22-,23+/m0/s1. The zero-order valence-electron chi connectivity index (χ0n) is 20.1. The van der Waals surface area contributed by atoms with Gasteiger partial charge in [0.2, 0.25) is 0 Å². The van der Waals surface area contributed by atoms with Crippen LogP contribution in [0.25, 0.3) is 0 Å². The Morgan fingerprint density at radius 3 is 2.68 bits per heavy atom. The van der Waals surface area contributed by atoms with Gasteiger partial charge in [-0.2, -0.15) is 0 Å². The lowest BCUT2D eigenvalue weighted by Crippen LogP contribution is -2.44. The van der Waals surface area contributed by atoms with Crippen molar-refractivity contribution in [2.24, 2.45) is 0 Å². The maximum Gasteiger partial charge on any atom is 0.410 e. The van der Waals surface area contributed by atoms with Crippen molar-refractivity contribution in [2.45, 2.75) is 31.9 Å². The first-order chi connectivity index (χ1) is 16.2. The highest BCUT2D eigenvalue weighted by molar-refractivity contribution is 5.81. The molecule has 0 spiro atoms. The quantitative estimate of drug-likeness (QED) is 0.485. The second-order valence-electron chi connectivity index (χ2n) is 8.37. The average Bonchev–Trinajstić information content (AvgIpc) is 2.99. The lowest BCUT2D eigenvalue weighted by atomic mass is 9.98. The zero-order valence-corrected chi connectivity index (χ0v) is 20.1. The molecule has 0 aromatic heterocycles. The van der Waals surface area contributed by atoms with Crippen LogP contribution in [0.4, 0.5) is 10.5 Å². The molecule has 0 bridgehead atoms. The molecule has 1 amide bonds. The van der Waals surface area contributed by atoms with Gasteiger partial charge in [-0.3, -0.25) is 4.90 Å². The normalized spacial score (nSPS) is 15.9. The molecule has 1 aliphatic heterocycles. The minimum absolute atomic E-state index is 0.0548. The van der Waals surface area contributed by atoms with Crippen LogP contribution in [-0.2, 0) is 20.7 Å². The van der Waals surface area contributed by atoms with E-state index in [4.69, 9.17) is 14.2 Å². The summed E-state index contributed by atoms with van der Waals surface area (Å²) in [5.74, 6) is 0.436. The third-order valence-corrected chi connectivity index (χ3v) is 6.06. The van der Waals surface area contributed by atoms with Crippen LogP contribution in [0.15, 0.2) is 49.1 Å². The first-order valence-corrected chi connectivity index (χ1v) is 11.1. The number of benzene rings is 2. The van der Waals surface area contributed by atoms with Crippen molar-refractivity contribution in [2.75, 3.05) is 39.3 Å². The molecular weight excluding hydrogens is 436 g/mol. The van der Waals surface area contributed by atoms with E-state index in [1.807, 2.05) is 38.2 Å². The van der Waals surface area contributed by atoms with E-state index in [1.54, 1.807) is 12.1 Å². The first kappa shape index (κ1) is 25.0. The van der Waals surface area contributed by atoms with E-state index in [9.17, 15) is 14.7 Å². The number of hydrogen-bond donors (Lipinski definition) is 1. The molecule has 0 unspecified atom stereocenters. The Hall–Kier alpha value is -3.68. The topological polar surface area (TPSA) is 88.5 Å². The molecular formula is C26H32N2O6. The van der Waals surface area contributed by atoms with E-state index in [-0.39, 0.29) is 24.9 Å². The van der Waals surface area contributed by atoms with Crippen LogP contribution in [0.5, 0.6) is 11.5 Å². The van der Waals surface area contributed by atoms with Crippen LogP contribution >= 0.6 is 0 Å². The summed E-state index contributed by atoms with van der Waals surface area (Å²) >= 11 is 0. The van der Waals surface area contributed by atoms with Gasteiger partial charge in [0.25, 0.3) is 0 Å². The first-order valence-electron chi connectivity index (χ1n) is 11.1. The number of phenolic OH excluding ortho intramolecular Hbond substituents is 1. The van der Waals surface area contributed by atoms with Crippen LogP contribution in [0.1, 0.15) is 29.2 Å². The maximum absolute atomic E-state index is 12.5. The number of aryl methyl sites for hydroxylation is 1. The summed E-state index contributed by atoms with van der Waals surface area (Å²) in [5.41, 5.74) is 3.73. The van der Waals surface area contributed by atoms with Crippen molar-refractivity contribution in [1.82, 2.24) is 4.90 Å². The van der Waals surface area contributed by atoms with E-state index < -0.39 is 18.1 Å². The van der Waals surface area contributed by atoms with Crippen molar-refractivity contribution in [1.29, 1.82) is 0 Å². The number of fused-ring (bicyclic) bond motifs is 1. The summed E-state index contributed by atoms with van der Waals surface area (Å²) in [5, 5.41) is 9.60. The van der Waals surface area contributed by atoms with Gasteiger partial charge in [-0.15, -0.1) is 0 Å². The number of anilines is 1. The smallest absolute Gasteiger partial charge is 0.410 e. The zero-order chi connectivity index (χ0) is 24.8. The number of methoxy groups -OCH3 is 1. The number of carbonyl (C=O) groups is 2. The number of aromatic hydroxyl groups is 1. The molecule has 34 heavy (non-hydrogen) atoms. The van der Waals surface area contributed by atoms with Crippen LogP contribution in [-0.4, -0.2) is 62.5 Å². The van der Waals surface area contributed by atoms with Gasteiger partial charge in [0.05, 0.1) is 12.8 Å². The molecule has 182 valence electrons. The van der Waals surface area contributed by atoms with Gasteiger partial charge in [0.1, 0.15) is 30.3 Å². The van der Waals surface area contributed by atoms with Gasteiger partial charge in [-0.25, -0.2) is 9.59 Å². The summed E-state index contributed by atoms with van der Waals surface area (Å²) in [6.07, 6.45) is 1.73. The summed E-state index contributed by atoms with van der Waals surface area (Å²) in [4.78, 5) is 28.3. The van der Waals surface area contributed by atoms with Crippen molar-refractivity contribution >= 4 is 17.7 Å². The number of likely N-dealkylation sites (N-methyl/N-ethyl adjacent to an activating group) is 1. The summed E-state index contributed by atoms with van der Waals surface area (Å²) in [6.45, 7) is 6.30. The fraction of sp³-hybridized carbons (Fsp3) is 0.385. The SMILES string of the molecule is C=CCOC(=O)N(C)[C@@H](Cc1cc2c(cc1C)O[C@@H](c1ccc(O)cc1)CCN2C)C(=O)OC. The van der Waals surface area contributed by atoms with Gasteiger partial charge < -0.3 is 24.2 Å². The molecule has 0 saturated heterocycles. The van der Waals surface area contributed by atoms with Crippen molar-refractivity contribution in [3.05, 3.63) is 65.7 Å². The Morgan fingerprint density at radius 2 is 2.03 bits per heavy atom. The summed E-state index contributed by atoms with van der Waals surface area (Å²) in [7, 11) is 4.81. The second-order valence-corrected chi connectivity index (χ2v) is 8.37. The minimum Gasteiger partial charge on any atom is -0.508 e. The molecule has 0 radical (unpaired) electrons. The largest absolute Gasteiger partial charge is 0.508 e. The molecule has 1 N–H and O–H groups in total. The Labute approximate surface area is 200 Å². The number of esters is 1. The molecule has 2 atom stereocenters. The van der Waals surface area contributed by atoms with E-state index in [2.05, 4.69) is 11.5 Å². The lowest BCUT2D eigenvalue weighted by molar-refractivity contribution is -0.145. The highest BCUT2D eigenvalue weighted by Crippen LogP contribution is 2.39. The fourth-order valence-corrected chi connectivity index (χ4v) is 3.98. The molecule has 1 aliphatic rings. The monoisotopic (exact) mass is 468 g/mol. The molecule has 0 fully saturated rings. The van der Waals surface area contributed by atoms with Crippen molar-refractivity contribution in [3.8, 4) is 11.5 Å². The van der Waals surface area contributed by atoms with Crippen LogP contribution in [0.3, 0.4) is 0 Å². The third-order valence-electron chi connectivity index (χ3n) is 6.06. The summed E-state index contributed by atoms with van der Waals surface area (Å²) < 4.78 is 16.4.